The van der Waals surface area contributed by atoms with Gasteiger partial charge in [-0.3, -0.25) is 4.79 Å². The largest absolute Gasteiger partial charge is 0.368 e. The summed E-state index contributed by atoms with van der Waals surface area (Å²) in [7, 11) is 3.71. The molecule has 0 bridgehead atoms. The molecule has 0 saturated heterocycles. The maximum absolute atomic E-state index is 11.5. The number of carbonyl (C=O) groups is 1. The van der Waals surface area contributed by atoms with Crippen LogP contribution in [0.3, 0.4) is 0 Å². The van der Waals surface area contributed by atoms with Crippen LogP contribution in [0.2, 0.25) is 0 Å². The van der Waals surface area contributed by atoms with Gasteiger partial charge in [-0.25, -0.2) is 0 Å². The lowest BCUT2D eigenvalue weighted by molar-refractivity contribution is -0.124. The Hall–Kier alpha value is -1.08. The number of primary amides is 1. The van der Waals surface area contributed by atoms with E-state index in [0.29, 0.717) is 5.25 Å². The monoisotopic (exact) mass is 255 g/mol. The third-order valence-electron chi connectivity index (χ3n) is 3.36. The van der Waals surface area contributed by atoms with E-state index in [1.807, 2.05) is 11.6 Å². The molecule has 1 saturated carbocycles. The highest BCUT2D eigenvalue weighted by Crippen LogP contribution is 2.39. The molecule has 17 heavy (non-hydrogen) atoms. The number of aromatic nitrogens is 3. The van der Waals surface area contributed by atoms with E-state index >= 15 is 0 Å². The second kappa shape index (κ2) is 4.66. The van der Waals surface area contributed by atoms with Gasteiger partial charge in [0.2, 0.25) is 5.91 Å². The maximum Gasteiger partial charge on any atom is 0.237 e. The van der Waals surface area contributed by atoms with Gasteiger partial charge < -0.3 is 15.6 Å². The van der Waals surface area contributed by atoms with E-state index in [-0.39, 0.29) is 5.91 Å². The van der Waals surface area contributed by atoms with Crippen molar-refractivity contribution in [2.45, 2.75) is 35.2 Å². The Morgan fingerprint density at radius 1 is 1.76 bits per heavy atom. The van der Waals surface area contributed by atoms with E-state index in [0.717, 1.165) is 24.4 Å². The summed E-state index contributed by atoms with van der Waals surface area (Å²) < 4.78 is 1.88. The molecule has 0 radical (unpaired) electrons. The van der Waals surface area contributed by atoms with Crippen molar-refractivity contribution >= 4 is 17.7 Å². The first-order chi connectivity index (χ1) is 8.07. The number of carbonyl (C=O) groups excluding carboxylic acids is 1. The number of amides is 1. The molecule has 2 rings (SSSR count). The minimum atomic E-state index is -0.545. The fraction of sp³-hybridized carbons (Fsp3) is 0.700. The molecule has 7 heteroatoms. The summed E-state index contributed by atoms with van der Waals surface area (Å²) in [5.41, 5.74) is 4.92. The van der Waals surface area contributed by atoms with E-state index in [1.54, 1.807) is 25.1 Å². The lowest BCUT2D eigenvalue weighted by Crippen LogP contribution is -2.52. The molecule has 1 aliphatic rings. The van der Waals surface area contributed by atoms with Gasteiger partial charge in [-0.15, -0.1) is 10.2 Å². The van der Waals surface area contributed by atoms with E-state index in [2.05, 4.69) is 15.5 Å². The molecule has 1 aromatic heterocycles. The van der Waals surface area contributed by atoms with Gasteiger partial charge in [-0.1, -0.05) is 11.8 Å². The Labute approximate surface area is 104 Å². The second-order valence-corrected chi connectivity index (χ2v) is 5.67. The SMILES string of the molecule is CNC1(C(N)=O)CCC(Sc2nncn2C)C1. The molecule has 1 aromatic rings. The van der Waals surface area contributed by atoms with Gasteiger partial charge in [0.05, 0.1) is 5.54 Å². The highest BCUT2D eigenvalue weighted by atomic mass is 32.2. The van der Waals surface area contributed by atoms with Crippen molar-refractivity contribution in [2.75, 3.05) is 7.05 Å². The van der Waals surface area contributed by atoms with E-state index in [1.165, 1.54) is 0 Å². The quantitative estimate of drug-likeness (QED) is 0.785. The zero-order chi connectivity index (χ0) is 12.5. The fourth-order valence-electron chi connectivity index (χ4n) is 2.20. The number of likely N-dealkylation sites (N-methyl/N-ethyl adjacent to an activating group) is 1. The fourth-order valence-corrected chi connectivity index (χ4v) is 3.41. The second-order valence-electron chi connectivity index (χ2n) is 4.40. The number of aryl methyl sites for hydroxylation is 1. The number of rotatable bonds is 4. The molecular formula is C10H17N5OS. The molecule has 2 atom stereocenters. The Bertz CT molecular complexity index is 421. The molecule has 2 unspecified atom stereocenters. The van der Waals surface area contributed by atoms with Crippen molar-refractivity contribution < 1.29 is 4.79 Å². The van der Waals surface area contributed by atoms with Crippen molar-refractivity contribution in [3.63, 3.8) is 0 Å². The van der Waals surface area contributed by atoms with Crippen molar-refractivity contribution in [1.82, 2.24) is 20.1 Å². The van der Waals surface area contributed by atoms with Crippen LogP contribution in [-0.2, 0) is 11.8 Å². The highest BCUT2D eigenvalue weighted by Gasteiger charge is 2.43. The van der Waals surface area contributed by atoms with Crippen LogP contribution in [0.25, 0.3) is 0 Å². The summed E-state index contributed by atoms with van der Waals surface area (Å²) >= 11 is 1.66. The van der Waals surface area contributed by atoms with Gasteiger partial charge in [-0.05, 0) is 26.3 Å². The standard InChI is InChI=1S/C10H17N5OS/c1-12-10(8(11)16)4-3-7(5-10)17-9-14-13-6-15(9)2/h6-7,12H,3-5H2,1-2H3,(H2,11,16). The average molecular weight is 255 g/mol. The number of nitrogens with zero attached hydrogens (tertiary/aromatic N) is 3. The Morgan fingerprint density at radius 3 is 3.00 bits per heavy atom. The zero-order valence-corrected chi connectivity index (χ0v) is 10.8. The molecule has 1 aliphatic carbocycles. The lowest BCUT2D eigenvalue weighted by atomic mass is 9.97. The summed E-state index contributed by atoms with van der Waals surface area (Å²) in [5, 5.41) is 12.2. The van der Waals surface area contributed by atoms with Crippen molar-refractivity contribution in [3.8, 4) is 0 Å². The molecule has 1 fully saturated rings. The first kappa shape index (κ1) is 12.4. The van der Waals surface area contributed by atoms with Gasteiger partial charge in [0.15, 0.2) is 5.16 Å². The van der Waals surface area contributed by atoms with Crippen LogP contribution >= 0.6 is 11.8 Å². The molecule has 0 aliphatic heterocycles. The topological polar surface area (TPSA) is 85.8 Å². The number of hydrogen-bond donors (Lipinski definition) is 2. The summed E-state index contributed by atoms with van der Waals surface area (Å²) in [5.74, 6) is -0.263. The smallest absolute Gasteiger partial charge is 0.237 e. The number of thioether (sulfide) groups is 1. The van der Waals surface area contributed by atoms with E-state index in [4.69, 9.17) is 5.73 Å². The molecule has 94 valence electrons. The van der Waals surface area contributed by atoms with Crippen LogP contribution in [-0.4, -0.2) is 38.5 Å². The molecule has 3 N–H and O–H groups in total. The normalized spacial score (nSPS) is 28.5. The first-order valence-corrected chi connectivity index (χ1v) is 6.45. The average Bonchev–Trinajstić information content (AvgIpc) is 2.88. The predicted molar refractivity (Wildman–Crippen MR) is 65.5 cm³/mol. The summed E-state index contributed by atoms with van der Waals surface area (Å²) in [6, 6.07) is 0. The molecule has 0 aromatic carbocycles. The highest BCUT2D eigenvalue weighted by molar-refractivity contribution is 7.99. The molecule has 0 spiro atoms. The molecule has 6 nitrogen and oxygen atoms in total. The van der Waals surface area contributed by atoms with Crippen LogP contribution in [0, 0.1) is 0 Å². The Kier molecular flexibility index (Phi) is 3.39. The van der Waals surface area contributed by atoms with Crippen LogP contribution in [0.4, 0.5) is 0 Å². The van der Waals surface area contributed by atoms with Crippen molar-refractivity contribution in [3.05, 3.63) is 6.33 Å². The van der Waals surface area contributed by atoms with Crippen LogP contribution in [0.15, 0.2) is 11.5 Å². The zero-order valence-electron chi connectivity index (χ0n) is 10.0. The lowest BCUT2D eigenvalue weighted by Gasteiger charge is -2.24. The third kappa shape index (κ3) is 2.30. The molecule has 1 amide bonds. The van der Waals surface area contributed by atoms with Gasteiger partial charge >= 0.3 is 0 Å². The Morgan fingerprint density at radius 2 is 2.53 bits per heavy atom. The minimum absolute atomic E-state index is 0.263. The van der Waals surface area contributed by atoms with Gasteiger partial charge in [0.1, 0.15) is 6.33 Å². The maximum atomic E-state index is 11.5. The molecule has 1 heterocycles. The van der Waals surface area contributed by atoms with E-state index in [9.17, 15) is 4.79 Å². The van der Waals surface area contributed by atoms with Crippen LogP contribution in [0.1, 0.15) is 19.3 Å². The van der Waals surface area contributed by atoms with Gasteiger partial charge in [-0.2, -0.15) is 0 Å². The first-order valence-electron chi connectivity index (χ1n) is 5.57. The third-order valence-corrected chi connectivity index (χ3v) is 4.68. The Balaban J connectivity index is 2.03. The van der Waals surface area contributed by atoms with Gasteiger partial charge in [0.25, 0.3) is 0 Å². The number of hydrogen-bond acceptors (Lipinski definition) is 5. The van der Waals surface area contributed by atoms with Crippen molar-refractivity contribution in [2.24, 2.45) is 12.8 Å². The number of nitrogens with one attached hydrogen (secondary N) is 1. The predicted octanol–water partition coefficient (Wildman–Crippen LogP) is -0.0968. The van der Waals surface area contributed by atoms with Crippen LogP contribution in [0.5, 0.6) is 0 Å². The summed E-state index contributed by atoms with van der Waals surface area (Å²) in [4.78, 5) is 11.5. The number of nitrogens with two attached hydrogens (primary N) is 1. The minimum Gasteiger partial charge on any atom is -0.368 e. The van der Waals surface area contributed by atoms with Crippen molar-refractivity contribution in [1.29, 1.82) is 0 Å². The summed E-state index contributed by atoms with van der Waals surface area (Å²) in [6.45, 7) is 0. The van der Waals surface area contributed by atoms with Crippen LogP contribution < -0.4 is 11.1 Å². The molecular weight excluding hydrogens is 238 g/mol. The summed E-state index contributed by atoms with van der Waals surface area (Å²) in [6.07, 6.45) is 4.17. The van der Waals surface area contributed by atoms with E-state index < -0.39 is 5.54 Å². The van der Waals surface area contributed by atoms with Gasteiger partial charge in [0, 0.05) is 12.3 Å².